The predicted octanol–water partition coefficient (Wildman–Crippen LogP) is 3.47. The van der Waals surface area contributed by atoms with Crippen LogP contribution in [0.1, 0.15) is 38.7 Å². The van der Waals surface area contributed by atoms with E-state index in [1.807, 2.05) is 0 Å². The van der Waals surface area contributed by atoms with E-state index in [9.17, 15) is 0 Å². The molecule has 1 aliphatic rings. The lowest BCUT2D eigenvalue weighted by Gasteiger charge is -2.27. The molecule has 1 fully saturated rings. The molecule has 0 aromatic carbocycles. The van der Waals surface area contributed by atoms with Gasteiger partial charge in [0.2, 0.25) is 0 Å². The number of ether oxygens (including phenoxy) is 1. The number of nitrogens with one attached hydrogen (secondary N) is 1. The van der Waals surface area contributed by atoms with Gasteiger partial charge in [0.15, 0.2) is 0 Å². The fraction of sp³-hybridized carbons (Fsp3) is 0.733. The molecular weight excluding hydrogens is 242 g/mol. The molecule has 2 nitrogen and oxygen atoms in total. The zero-order valence-electron chi connectivity index (χ0n) is 11.5. The lowest BCUT2D eigenvalue weighted by Crippen LogP contribution is -2.40. The molecule has 1 aromatic heterocycles. The average Bonchev–Trinajstić information content (AvgIpc) is 3.04. The van der Waals surface area contributed by atoms with Gasteiger partial charge in [0, 0.05) is 18.6 Å². The van der Waals surface area contributed by atoms with Crippen LogP contribution in [0.15, 0.2) is 16.8 Å². The van der Waals surface area contributed by atoms with Gasteiger partial charge < -0.3 is 10.1 Å². The maximum Gasteiger partial charge on any atom is 0.0616 e. The number of rotatable bonds is 7. The topological polar surface area (TPSA) is 21.3 Å². The molecule has 102 valence electrons. The molecule has 0 saturated carbocycles. The first kappa shape index (κ1) is 14.0. The van der Waals surface area contributed by atoms with Gasteiger partial charge in [-0.25, -0.2) is 0 Å². The Labute approximate surface area is 115 Å². The van der Waals surface area contributed by atoms with Crippen molar-refractivity contribution < 1.29 is 4.74 Å². The molecule has 3 atom stereocenters. The van der Waals surface area contributed by atoms with Crippen LogP contribution in [0, 0.1) is 5.92 Å². The second-order valence-corrected chi connectivity index (χ2v) is 5.88. The summed E-state index contributed by atoms with van der Waals surface area (Å²) in [6, 6.07) is 2.86. The third kappa shape index (κ3) is 3.56. The van der Waals surface area contributed by atoms with E-state index in [-0.39, 0.29) is 0 Å². The fourth-order valence-electron chi connectivity index (χ4n) is 3.03. The van der Waals surface area contributed by atoms with E-state index in [1.165, 1.54) is 24.8 Å². The third-order valence-corrected chi connectivity index (χ3v) is 4.70. The normalized spacial score (nSPS) is 25.4. The number of thiophene rings is 1. The summed E-state index contributed by atoms with van der Waals surface area (Å²) in [5.74, 6) is 0.702. The second-order valence-electron chi connectivity index (χ2n) is 5.10. The first-order valence-corrected chi connectivity index (χ1v) is 8.15. The molecule has 2 heterocycles. The van der Waals surface area contributed by atoms with Crippen molar-refractivity contribution in [2.24, 2.45) is 5.92 Å². The van der Waals surface area contributed by atoms with Crippen molar-refractivity contribution in [1.82, 2.24) is 5.32 Å². The lowest BCUT2D eigenvalue weighted by molar-refractivity contribution is 0.0767. The number of hydrogen-bond donors (Lipinski definition) is 1. The van der Waals surface area contributed by atoms with Gasteiger partial charge in [-0.15, -0.1) is 0 Å². The van der Waals surface area contributed by atoms with Crippen LogP contribution >= 0.6 is 11.3 Å². The van der Waals surface area contributed by atoms with Crippen molar-refractivity contribution in [2.45, 2.75) is 51.7 Å². The van der Waals surface area contributed by atoms with Crippen molar-refractivity contribution >= 4 is 11.3 Å². The van der Waals surface area contributed by atoms with Crippen LogP contribution in [0.3, 0.4) is 0 Å². The van der Waals surface area contributed by atoms with Gasteiger partial charge in [0.05, 0.1) is 6.10 Å². The largest absolute Gasteiger partial charge is 0.378 e. The third-order valence-electron chi connectivity index (χ3n) is 3.97. The molecular formula is C15H25NOS. The van der Waals surface area contributed by atoms with Gasteiger partial charge in [-0.1, -0.05) is 13.8 Å². The Kier molecular flexibility index (Phi) is 5.67. The molecule has 0 aliphatic carbocycles. The first-order chi connectivity index (χ1) is 8.85. The monoisotopic (exact) mass is 267 g/mol. The van der Waals surface area contributed by atoms with Gasteiger partial charge in [0.25, 0.3) is 0 Å². The Bertz CT molecular complexity index is 325. The Balaban J connectivity index is 1.90. The molecule has 0 bridgehead atoms. The smallest absolute Gasteiger partial charge is 0.0616 e. The summed E-state index contributed by atoms with van der Waals surface area (Å²) in [7, 11) is 0. The predicted molar refractivity (Wildman–Crippen MR) is 78.2 cm³/mol. The zero-order chi connectivity index (χ0) is 12.8. The highest BCUT2D eigenvalue weighted by Crippen LogP contribution is 2.28. The molecule has 1 N–H and O–H groups in total. The van der Waals surface area contributed by atoms with E-state index in [0.717, 1.165) is 19.6 Å². The van der Waals surface area contributed by atoms with E-state index in [2.05, 4.69) is 36.0 Å². The van der Waals surface area contributed by atoms with Crippen molar-refractivity contribution in [3.63, 3.8) is 0 Å². The van der Waals surface area contributed by atoms with Crippen LogP contribution in [0.2, 0.25) is 0 Å². The van der Waals surface area contributed by atoms with Crippen molar-refractivity contribution in [1.29, 1.82) is 0 Å². The quantitative estimate of drug-likeness (QED) is 0.816. The summed E-state index contributed by atoms with van der Waals surface area (Å²) in [6.45, 7) is 6.45. The lowest BCUT2D eigenvalue weighted by atomic mass is 9.88. The Hall–Kier alpha value is -0.380. The van der Waals surface area contributed by atoms with Crippen LogP contribution in [0.25, 0.3) is 0 Å². The highest BCUT2D eigenvalue weighted by atomic mass is 32.1. The van der Waals surface area contributed by atoms with Gasteiger partial charge in [-0.05, 0) is 54.6 Å². The average molecular weight is 267 g/mol. The maximum atomic E-state index is 5.84. The fourth-order valence-corrected chi connectivity index (χ4v) is 3.74. The van der Waals surface area contributed by atoms with E-state index in [1.54, 1.807) is 11.3 Å². The van der Waals surface area contributed by atoms with Gasteiger partial charge >= 0.3 is 0 Å². The standard InChI is InChI=1S/C15H25NOS/c1-3-15-13(7-9-17-15)14(16-4-2)6-5-12-8-10-18-11-12/h8,10-11,13-16H,3-7,9H2,1-2H3. The second kappa shape index (κ2) is 7.27. The van der Waals surface area contributed by atoms with Crippen molar-refractivity contribution in [3.8, 4) is 0 Å². The summed E-state index contributed by atoms with van der Waals surface area (Å²) in [5, 5.41) is 8.12. The van der Waals surface area contributed by atoms with Crippen molar-refractivity contribution in [2.75, 3.05) is 13.2 Å². The van der Waals surface area contributed by atoms with E-state index in [4.69, 9.17) is 4.74 Å². The summed E-state index contributed by atoms with van der Waals surface area (Å²) in [4.78, 5) is 0. The molecule has 1 saturated heterocycles. The van der Waals surface area contributed by atoms with Crippen LogP contribution in [-0.2, 0) is 11.2 Å². The van der Waals surface area contributed by atoms with Crippen LogP contribution in [-0.4, -0.2) is 25.3 Å². The zero-order valence-corrected chi connectivity index (χ0v) is 12.3. The summed E-state index contributed by atoms with van der Waals surface area (Å²) < 4.78 is 5.84. The Morgan fingerprint density at radius 1 is 1.50 bits per heavy atom. The minimum atomic E-state index is 0.469. The highest BCUT2D eigenvalue weighted by Gasteiger charge is 2.32. The highest BCUT2D eigenvalue weighted by molar-refractivity contribution is 7.07. The first-order valence-electron chi connectivity index (χ1n) is 7.21. The molecule has 3 heteroatoms. The molecule has 1 aromatic rings. The van der Waals surface area contributed by atoms with E-state index >= 15 is 0 Å². The Morgan fingerprint density at radius 3 is 3.06 bits per heavy atom. The maximum absolute atomic E-state index is 5.84. The summed E-state index contributed by atoms with van der Waals surface area (Å²) in [5.41, 5.74) is 1.48. The SMILES string of the molecule is CCNC(CCc1ccsc1)C1CCOC1CC. The van der Waals surface area contributed by atoms with Gasteiger partial charge in [-0.2, -0.15) is 11.3 Å². The molecule has 18 heavy (non-hydrogen) atoms. The Morgan fingerprint density at radius 2 is 2.39 bits per heavy atom. The van der Waals surface area contributed by atoms with Gasteiger partial charge in [0.1, 0.15) is 0 Å². The van der Waals surface area contributed by atoms with Crippen LogP contribution < -0.4 is 5.32 Å². The summed E-state index contributed by atoms with van der Waals surface area (Å²) >= 11 is 1.80. The molecule has 0 radical (unpaired) electrons. The van der Waals surface area contributed by atoms with Gasteiger partial charge in [-0.3, -0.25) is 0 Å². The van der Waals surface area contributed by atoms with Crippen molar-refractivity contribution in [3.05, 3.63) is 22.4 Å². The minimum absolute atomic E-state index is 0.469. The number of hydrogen-bond acceptors (Lipinski definition) is 3. The molecule has 3 unspecified atom stereocenters. The van der Waals surface area contributed by atoms with Crippen LogP contribution in [0.4, 0.5) is 0 Å². The molecule has 0 spiro atoms. The molecule has 0 amide bonds. The summed E-state index contributed by atoms with van der Waals surface area (Å²) in [6.07, 6.45) is 5.25. The number of aryl methyl sites for hydroxylation is 1. The molecule has 2 rings (SSSR count). The van der Waals surface area contributed by atoms with E-state index in [0.29, 0.717) is 18.1 Å². The van der Waals surface area contributed by atoms with Crippen LogP contribution in [0.5, 0.6) is 0 Å². The van der Waals surface area contributed by atoms with E-state index < -0.39 is 0 Å². The minimum Gasteiger partial charge on any atom is -0.378 e. The molecule has 1 aliphatic heterocycles.